The molecule has 0 saturated heterocycles. The van der Waals surface area contributed by atoms with Crippen molar-refractivity contribution < 1.29 is 28.2 Å². The van der Waals surface area contributed by atoms with Crippen molar-refractivity contribution in [3.8, 4) is 17.2 Å². The Bertz CT molecular complexity index is 1350. The lowest BCUT2D eigenvalue weighted by Crippen LogP contribution is -2.26. The molecule has 0 aliphatic carbocycles. The third-order valence-electron chi connectivity index (χ3n) is 5.46. The minimum absolute atomic E-state index is 0.254. The Balaban J connectivity index is 1.61. The second-order valence-corrected chi connectivity index (χ2v) is 7.62. The highest BCUT2D eigenvalue weighted by Crippen LogP contribution is 2.37. The van der Waals surface area contributed by atoms with Crippen molar-refractivity contribution >= 4 is 33.6 Å². The van der Waals surface area contributed by atoms with Crippen molar-refractivity contribution in [2.24, 2.45) is 0 Å². The van der Waals surface area contributed by atoms with Crippen molar-refractivity contribution in [1.82, 2.24) is 5.32 Å². The minimum Gasteiger partial charge on any atom is -0.493 e. The molecular weight excluding hydrogens is 422 g/mol. The van der Waals surface area contributed by atoms with Gasteiger partial charge in [-0.1, -0.05) is 30.3 Å². The Hall–Kier alpha value is -4.00. The molecule has 0 radical (unpaired) electrons. The average molecular weight is 447 g/mol. The number of amides is 1. The number of nitrogens with one attached hydrogen (secondary N) is 1. The quantitative estimate of drug-likeness (QED) is 0.323. The fourth-order valence-corrected chi connectivity index (χ4v) is 3.97. The Morgan fingerprint density at radius 1 is 0.909 bits per heavy atom. The van der Waals surface area contributed by atoms with Crippen molar-refractivity contribution in [3.63, 3.8) is 0 Å². The maximum Gasteiger partial charge on any atom is 0.308 e. The monoisotopic (exact) mass is 447 g/mol. The molecule has 0 bridgehead atoms. The number of furan rings is 1. The molecule has 0 aliphatic rings. The highest BCUT2D eigenvalue weighted by atomic mass is 16.5. The summed E-state index contributed by atoms with van der Waals surface area (Å²) in [5.74, 6) is 1.51. The minimum atomic E-state index is -0.430. The van der Waals surface area contributed by atoms with Crippen molar-refractivity contribution in [2.75, 3.05) is 20.8 Å². The first-order valence-electron chi connectivity index (χ1n) is 10.5. The molecule has 4 aromatic rings. The van der Waals surface area contributed by atoms with Crippen LogP contribution in [0.4, 0.5) is 0 Å². The van der Waals surface area contributed by atoms with E-state index in [9.17, 15) is 9.59 Å². The second-order valence-electron chi connectivity index (χ2n) is 7.62. The SMILES string of the molecule is COc1ccc(CCNC(=O)c2c(C)oc3c2cc(OC(C)=O)c2ccccc23)cc1OC. The number of rotatable bonds is 7. The van der Waals surface area contributed by atoms with Gasteiger partial charge in [0.05, 0.1) is 19.8 Å². The molecule has 170 valence electrons. The Kier molecular flexibility index (Phi) is 6.22. The van der Waals surface area contributed by atoms with Crippen LogP contribution >= 0.6 is 0 Å². The third kappa shape index (κ3) is 4.35. The topological polar surface area (TPSA) is 87.0 Å². The summed E-state index contributed by atoms with van der Waals surface area (Å²) in [5, 5.41) is 5.09. The van der Waals surface area contributed by atoms with E-state index < -0.39 is 5.97 Å². The number of methoxy groups -OCH3 is 2. The fraction of sp³-hybridized carbons (Fsp3) is 0.231. The van der Waals surface area contributed by atoms with E-state index in [0.29, 0.717) is 52.5 Å². The standard InChI is InChI=1S/C26H25NO6/c1-15-24(26(29)27-12-11-17-9-10-21(30-3)23(13-17)31-4)20-14-22(33-16(2)28)18-7-5-6-8-19(18)25(20)32-15/h5-10,13-14H,11-12H2,1-4H3,(H,27,29). The van der Waals surface area contributed by atoms with Crippen molar-refractivity contribution in [3.05, 3.63) is 65.4 Å². The van der Waals surface area contributed by atoms with Crippen molar-refractivity contribution in [1.29, 1.82) is 0 Å². The Labute approximate surface area is 191 Å². The van der Waals surface area contributed by atoms with Gasteiger partial charge < -0.3 is 23.9 Å². The normalized spacial score (nSPS) is 10.9. The van der Waals surface area contributed by atoms with Crippen LogP contribution < -0.4 is 19.5 Å². The first-order valence-corrected chi connectivity index (χ1v) is 10.5. The number of esters is 1. The van der Waals surface area contributed by atoms with Crippen LogP contribution in [0.15, 0.2) is 52.9 Å². The molecule has 0 atom stereocenters. The van der Waals surface area contributed by atoms with Crippen LogP contribution in [-0.4, -0.2) is 32.6 Å². The van der Waals surface area contributed by atoms with Gasteiger partial charge >= 0.3 is 5.97 Å². The summed E-state index contributed by atoms with van der Waals surface area (Å²) in [6.45, 7) is 3.52. The van der Waals surface area contributed by atoms with Gasteiger partial charge in [-0.3, -0.25) is 9.59 Å². The van der Waals surface area contributed by atoms with Crippen LogP contribution in [0.2, 0.25) is 0 Å². The molecule has 0 aliphatic heterocycles. The second kappa shape index (κ2) is 9.24. The van der Waals surface area contributed by atoms with Gasteiger partial charge in [-0.05, 0) is 37.1 Å². The highest BCUT2D eigenvalue weighted by Gasteiger charge is 2.22. The van der Waals surface area contributed by atoms with Crippen LogP contribution in [0.5, 0.6) is 17.2 Å². The van der Waals surface area contributed by atoms with E-state index in [0.717, 1.165) is 16.3 Å². The molecule has 7 nitrogen and oxygen atoms in total. The van der Waals surface area contributed by atoms with Gasteiger partial charge in [-0.25, -0.2) is 0 Å². The summed E-state index contributed by atoms with van der Waals surface area (Å²) in [7, 11) is 3.18. The lowest BCUT2D eigenvalue weighted by Gasteiger charge is -2.10. The van der Waals surface area contributed by atoms with E-state index in [1.165, 1.54) is 6.92 Å². The number of benzene rings is 3. The number of carbonyl (C=O) groups excluding carboxylic acids is 2. The van der Waals surface area contributed by atoms with Gasteiger partial charge in [0.1, 0.15) is 17.1 Å². The summed E-state index contributed by atoms with van der Waals surface area (Å²) < 4.78 is 22.0. The largest absolute Gasteiger partial charge is 0.493 e. The van der Waals surface area contributed by atoms with Crippen LogP contribution in [0.3, 0.4) is 0 Å². The summed E-state index contributed by atoms with van der Waals surface area (Å²) in [6.07, 6.45) is 0.614. The molecular formula is C26H25NO6. The fourth-order valence-electron chi connectivity index (χ4n) is 3.97. The summed E-state index contributed by atoms with van der Waals surface area (Å²) in [5.41, 5.74) is 2.02. The average Bonchev–Trinajstić information content (AvgIpc) is 3.14. The zero-order valence-electron chi connectivity index (χ0n) is 19.0. The molecule has 7 heteroatoms. The highest BCUT2D eigenvalue weighted by molar-refractivity contribution is 6.16. The molecule has 0 spiro atoms. The maximum atomic E-state index is 13.1. The lowest BCUT2D eigenvalue weighted by atomic mass is 10.0. The van der Waals surface area contributed by atoms with Gasteiger partial charge in [0.15, 0.2) is 11.5 Å². The lowest BCUT2D eigenvalue weighted by molar-refractivity contribution is -0.131. The molecule has 1 heterocycles. The van der Waals surface area contributed by atoms with E-state index in [4.69, 9.17) is 18.6 Å². The van der Waals surface area contributed by atoms with Crippen LogP contribution in [0.1, 0.15) is 28.6 Å². The Morgan fingerprint density at radius 3 is 2.33 bits per heavy atom. The van der Waals surface area contributed by atoms with Gasteiger partial charge in [0.25, 0.3) is 5.91 Å². The van der Waals surface area contributed by atoms with Gasteiger partial charge in [-0.15, -0.1) is 0 Å². The summed E-state index contributed by atoms with van der Waals surface area (Å²) >= 11 is 0. The van der Waals surface area contributed by atoms with E-state index in [1.54, 1.807) is 27.2 Å². The first kappa shape index (κ1) is 22.2. The number of fused-ring (bicyclic) bond motifs is 3. The number of carbonyl (C=O) groups is 2. The van der Waals surface area contributed by atoms with E-state index in [2.05, 4.69) is 5.32 Å². The number of hydrogen-bond donors (Lipinski definition) is 1. The molecule has 33 heavy (non-hydrogen) atoms. The van der Waals surface area contributed by atoms with Crippen LogP contribution in [0.25, 0.3) is 21.7 Å². The zero-order chi connectivity index (χ0) is 23.5. The van der Waals surface area contributed by atoms with E-state index >= 15 is 0 Å². The van der Waals surface area contributed by atoms with Gasteiger partial charge in [0.2, 0.25) is 0 Å². The Morgan fingerprint density at radius 2 is 1.64 bits per heavy atom. The van der Waals surface area contributed by atoms with Crippen LogP contribution in [0, 0.1) is 6.92 Å². The number of hydrogen-bond acceptors (Lipinski definition) is 6. The van der Waals surface area contributed by atoms with Crippen molar-refractivity contribution in [2.45, 2.75) is 20.3 Å². The van der Waals surface area contributed by atoms with Gasteiger partial charge in [-0.2, -0.15) is 0 Å². The molecule has 0 fully saturated rings. The molecule has 1 aromatic heterocycles. The molecule has 1 N–H and O–H groups in total. The molecule has 3 aromatic carbocycles. The molecule has 4 rings (SSSR count). The predicted molar refractivity (Wildman–Crippen MR) is 125 cm³/mol. The third-order valence-corrected chi connectivity index (χ3v) is 5.46. The summed E-state index contributed by atoms with van der Waals surface area (Å²) in [6, 6.07) is 14.8. The van der Waals surface area contributed by atoms with Crippen LogP contribution in [-0.2, 0) is 11.2 Å². The maximum absolute atomic E-state index is 13.1. The van der Waals surface area contributed by atoms with E-state index in [-0.39, 0.29) is 5.91 Å². The van der Waals surface area contributed by atoms with E-state index in [1.807, 2.05) is 42.5 Å². The predicted octanol–water partition coefficient (Wildman–Crippen LogP) is 4.81. The van der Waals surface area contributed by atoms with Gasteiger partial charge in [0, 0.05) is 29.6 Å². The smallest absolute Gasteiger partial charge is 0.308 e. The zero-order valence-corrected chi connectivity index (χ0v) is 19.0. The molecule has 0 saturated carbocycles. The summed E-state index contributed by atoms with van der Waals surface area (Å²) in [4.78, 5) is 24.7. The molecule has 0 unspecified atom stereocenters. The first-order chi connectivity index (χ1) is 15.9. The number of aryl methyl sites for hydroxylation is 1. The number of ether oxygens (including phenoxy) is 3. The molecule has 1 amide bonds.